The van der Waals surface area contributed by atoms with Gasteiger partial charge < -0.3 is 5.32 Å². The topological polar surface area (TPSA) is 58.1 Å². The number of anilines is 1. The molecule has 1 unspecified atom stereocenters. The van der Waals surface area contributed by atoms with E-state index in [1.165, 1.54) is 6.20 Å². The summed E-state index contributed by atoms with van der Waals surface area (Å²) in [5.74, 6) is -1.69. The summed E-state index contributed by atoms with van der Waals surface area (Å²) >= 11 is 0. The van der Waals surface area contributed by atoms with Crippen molar-refractivity contribution >= 4 is 11.7 Å². The van der Waals surface area contributed by atoms with Crippen LogP contribution < -0.4 is 5.32 Å². The molecule has 5 nitrogen and oxygen atoms in total. The van der Waals surface area contributed by atoms with Crippen molar-refractivity contribution in [3.8, 4) is 0 Å². The van der Waals surface area contributed by atoms with Gasteiger partial charge in [-0.05, 0) is 36.2 Å². The Labute approximate surface area is 136 Å². The van der Waals surface area contributed by atoms with Crippen molar-refractivity contribution in [2.75, 3.05) is 25.0 Å². The van der Waals surface area contributed by atoms with E-state index in [1.807, 2.05) is 0 Å². The molecular formula is C16H15F3N4O. The third-order valence-electron chi connectivity index (χ3n) is 3.89. The average molecular weight is 336 g/mol. The number of carbonyl (C=O) groups is 1. The summed E-state index contributed by atoms with van der Waals surface area (Å²) < 4.78 is 41.6. The van der Waals surface area contributed by atoms with E-state index in [-0.39, 0.29) is 31.0 Å². The zero-order valence-corrected chi connectivity index (χ0v) is 12.7. The van der Waals surface area contributed by atoms with Gasteiger partial charge in [-0.25, -0.2) is 13.2 Å². The normalized spacial score (nSPS) is 21.0. The minimum Gasteiger partial charge on any atom is -0.308 e. The monoisotopic (exact) mass is 336 g/mol. The molecule has 1 aromatic carbocycles. The third-order valence-corrected chi connectivity index (χ3v) is 3.89. The second kappa shape index (κ2) is 6.56. The minimum absolute atomic E-state index is 0.0416. The van der Waals surface area contributed by atoms with Gasteiger partial charge in [-0.1, -0.05) is 0 Å². The van der Waals surface area contributed by atoms with Crippen LogP contribution in [-0.2, 0) is 10.5 Å². The van der Waals surface area contributed by atoms with E-state index in [1.54, 1.807) is 17.0 Å². The van der Waals surface area contributed by atoms with Gasteiger partial charge in [-0.15, -0.1) is 5.10 Å². The molecule has 0 radical (unpaired) electrons. The number of hydrogen-bond acceptors (Lipinski definition) is 4. The SMILES string of the molecule is O=C(CN1CCC(F)(c2cc(F)cc(F)c2)C1)Nc1cccnn1. The fourth-order valence-corrected chi connectivity index (χ4v) is 2.78. The molecule has 1 aliphatic heterocycles. The van der Waals surface area contributed by atoms with Gasteiger partial charge in [0.15, 0.2) is 5.82 Å². The van der Waals surface area contributed by atoms with E-state index in [2.05, 4.69) is 15.5 Å². The Hall–Kier alpha value is -2.48. The number of rotatable bonds is 4. The van der Waals surface area contributed by atoms with Crippen molar-refractivity contribution in [3.63, 3.8) is 0 Å². The van der Waals surface area contributed by atoms with Gasteiger partial charge in [0.1, 0.15) is 17.3 Å². The van der Waals surface area contributed by atoms with Crippen LogP contribution in [0.25, 0.3) is 0 Å². The lowest BCUT2D eigenvalue weighted by Gasteiger charge is -2.21. The van der Waals surface area contributed by atoms with Gasteiger partial charge in [0.25, 0.3) is 0 Å². The quantitative estimate of drug-likeness (QED) is 0.930. The summed E-state index contributed by atoms with van der Waals surface area (Å²) in [5.41, 5.74) is -1.92. The van der Waals surface area contributed by atoms with Crippen LogP contribution in [0, 0.1) is 11.6 Å². The van der Waals surface area contributed by atoms with Crippen molar-refractivity contribution in [1.29, 1.82) is 0 Å². The molecule has 0 saturated carbocycles. The van der Waals surface area contributed by atoms with Crippen LogP contribution in [-0.4, -0.2) is 40.6 Å². The number of benzene rings is 1. The highest BCUT2D eigenvalue weighted by molar-refractivity contribution is 5.91. The number of likely N-dealkylation sites (tertiary alicyclic amines) is 1. The molecule has 3 rings (SSSR count). The minimum atomic E-state index is -1.88. The van der Waals surface area contributed by atoms with Gasteiger partial charge in [-0.3, -0.25) is 9.69 Å². The number of aromatic nitrogens is 2. The van der Waals surface area contributed by atoms with E-state index >= 15 is 4.39 Å². The second-order valence-corrected chi connectivity index (χ2v) is 5.74. The maximum atomic E-state index is 15.0. The third kappa shape index (κ3) is 3.70. The molecule has 1 aliphatic rings. The van der Waals surface area contributed by atoms with Crippen molar-refractivity contribution in [3.05, 3.63) is 53.7 Å². The summed E-state index contributed by atoms with van der Waals surface area (Å²) in [6.07, 6.45) is 1.54. The van der Waals surface area contributed by atoms with E-state index < -0.39 is 17.3 Å². The highest BCUT2D eigenvalue weighted by atomic mass is 19.1. The fourth-order valence-electron chi connectivity index (χ4n) is 2.78. The predicted octanol–water partition coefficient (Wildman–Crippen LogP) is 2.26. The fraction of sp³-hybridized carbons (Fsp3) is 0.312. The van der Waals surface area contributed by atoms with Crippen LogP contribution in [0.2, 0.25) is 0 Å². The van der Waals surface area contributed by atoms with Crippen molar-refractivity contribution < 1.29 is 18.0 Å². The molecule has 2 aromatic rings. The van der Waals surface area contributed by atoms with Crippen LogP contribution in [0.4, 0.5) is 19.0 Å². The van der Waals surface area contributed by atoms with E-state index in [9.17, 15) is 13.6 Å². The zero-order valence-electron chi connectivity index (χ0n) is 12.7. The van der Waals surface area contributed by atoms with Crippen LogP contribution >= 0.6 is 0 Å². The molecule has 1 N–H and O–H groups in total. The number of nitrogens with zero attached hydrogens (tertiary/aromatic N) is 3. The van der Waals surface area contributed by atoms with Crippen LogP contribution in [0.3, 0.4) is 0 Å². The van der Waals surface area contributed by atoms with E-state index in [0.717, 1.165) is 12.1 Å². The molecule has 126 valence electrons. The highest BCUT2D eigenvalue weighted by Gasteiger charge is 2.40. The van der Waals surface area contributed by atoms with Gasteiger partial charge >= 0.3 is 0 Å². The number of nitrogens with one attached hydrogen (secondary N) is 1. The summed E-state index contributed by atoms with van der Waals surface area (Å²) in [7, 11) is 0. The van der Waals surface area contributed by atoms with Gasteiger partial charge in [0.2, 0.25) is 5.91 Å². The Balaban J connectivity index is 1.63. The van der Waals surface area contributed by atoms with Gasteiger partial charge in [0.05, 0.1) is 6.54 Å². The molecule has 1 aromatic heterocycles. The van der Waals surface area contributed by atoms with Crippen LogP contribution in [0.5, 0.6) is 0 Å². The molecule has 1 amide bonds. The smallest absolute Gasteiger partial charge is 0.239 e. The molecule has 2 heterocycles. The van der Waals surface area contributed by atoms with E-state index in [4.69, 9.17) is 0 Å². The lowest BCUT2D eigenvalue weighted by molar-refractivity contribution is -0.117. The van der Waals surface area contributed by atoms with Crippen molar-refractivity contribution in [2.24, 2.45) is 0 Å². The first-order valence-electron chi connectivity index (χ1n) is 7.40. The Morgan fingerprint density at radius 3 is 2.71 bits per heavy atom. The standard InChI is InChI=1S/C16H15F3N4O/c17-12-6-11(7-13(18)8-12)16(19)3-5-23(10-16)9-15(24)21-14-2-1-4-20-22-14/h1-2,4,6-8H,3,5,9-10H2,(H,21,22,24). The maximum absolute atomic E-state index is 15.0. The largest absolute Gasteiger partial charge is 0.308 e. The Kier molecular flexibility index (Phi) is 4.48. The summed E-state index contributed by atoms with van der Waals surface area (Å²) in [5, 5.41) is 9.93. The number of hydrogen-bond donors (Lipinski definition) is 1. The molecule has 24 heavy (non-hydrogen) atoms. The Morgan fingerprint density at radius 2 is 2.04 bits per heavy atom. The first-order chi connectivity index (χ1) is 11.4. The molecule has 1 atom stereocenters. The van der Waals surface area contributed by atoms with Gasteiger partial charge in [0, 0.05) is 25.4 Å². The average Bonchev–Trinajstić information content (AvgIpc) is 2.89. The molecule has 0 aliphatic carbocycles. The van der Waals surface area contributed by atoms with Crippen molar-refractivity contribution in [1.82, 2.24) is 15.1 Å². The number of halogens is 3. The molecule has 8 heteroatoms. The Bertz CT molecular complexity index is 723. The number of alkyl halides is 1. The van der Waals surface area contributed by atoms with Gasteiger partial charge in [-0.2, -0.15) is 5.10 Å². The summed E-state index contributed by atoms with van der Waals surface area (Å²) in [6, 6.07) is 5.90. The molecule has 1 saturated heterocycles. The number of carbonyl (C=O) groups excluding carboxylic acids is 1. The second-order valence-electron chi connectivity index (χ2n) is 5.74. The Morgan fingerprint density at radius 1 is 1.29 bits per heavy atom. The molecular weight excluding hydrogens is 321 g/mol. The van der Waals surface area contributed by atoms with E-state index in [0.29, 0.717) is 18.4 Å². The first kappa shape index (κ1) is 16.4. The first-order valence-corrected chi connectivity index (χ1v) is 7.40. The molecule has 1 fully saturated rings. The summed E-state index contributed by atoms with van der Waals surface area (Å²) in [6.45, 7) is 0.159. The summed E-state index contributed by atoms with van der Waals surface area (Å²) in [4.78, 5) is 13.6. The zero-order chi connectivity index (χ0) is 17.2. The maximum Gasteiger partial charge on any atom is 0.239 e. The lowest BCUT2D eigenvalue weighted by atomic mass is 9.95. The van der Waals surface area contributed by atoms with Crippen molar-refractivity contribution in [2.45, 2.75) is 12.1 Å². The predicted molar refractivity (Wildman–Crippen MR) is 80.9 cm³/mol. The highest BCUT2D eigenvalue weighted by Crippen LogP contribution is 2.36. The molecule has 0 spiro atoms. The number of amides is 1. The molecule has 0 bridgehead atoms. The van der Waals surface area contributed by atoms with Crippen LogP contribution in [0.1, 0.15) is 12.0 Å². The van der Waals surface area contributed by atoms with Crippen LogP contribution in [0.15, 0.2) is 36.5 Å². The lowest BCUT2D eigenvalue weighted by Crippen LogP contribution is -2.34.